The molecular weight excluding hydrogens is 543 g/mol. The Labute approximate surface area is 220 Å². The van der Waals surface area contributed by atoms with Gasteiger partial charge in [-0.05, 0) is 47.7 Å². The molecular formula is C18H13ClN2O7S2Sr. The number of phenols is 1. The molecule has 0 fully saturated rings. The first-order valence-corrected chi connectivity index (χ1v) is 11.5. The Kier molecular flexibility index (Phi) is 8.28. The van der Waals surface area contributed by atoms with Gasteiger partial charge in [-0.3, -0.25) is 0 Å². The smallest absolute Gasteiger partial charge is 0.744 e. The van der Waals surface area contributed by atoms with Crippen molar-refractivity contribution in [3.63, 3.8) is 0 Å². The van der Waals surface area contributed by atoms with Crippen molar-refractivity contribution < 1.29 is 31.0 Å². The maximum atomic E-state index is 11.6. The predicted molar refractivity (Wildman–Crippen MR) is 112 cm³/mol. The molecule has 0 aliphatic heterocycles. The first-order chi connectivity index (χ1) is 13.9. The summed E-state index contributed by atoms with van der Waals surface area (Å²) in [5, 5.41) is 18.5. The quantitative estimate of drug-likeness (QED) is 0.285. The standard InChI is InChI=1S/C18H15ClN2O7S2.Sr/c1-2-10-8-15(17(9-14(10)19)30(26,27)28)20-21-18-13-5-4-12(29(23,24)25)7-11(13)3-6-16(18)22;/h3-9,22H,2H2,1H3,(H,23,24,25)(H,26,27,28);/q;+2/p-2. The number of nitrogens with zero attached hydrogens (tertiary/aromatic N) is 2. The number of hydrogen-bond donors (Lipinski definition) is 1. The zero-order chi connectivity index (χ0) is 22.3. The van der Waals surface area contributed by atoms with Crippen molar-refractivity contribution in [1.29, 1.82) is 0 Å². The van der Waals surface area contributed by atoms with Crippen LogP contribution in [0.15, 0.2) is 62.5 Å². The second kappa shape index (κ2) is 9.81. The van der Waals surface area contributed by atoms with Crippen LogP contribution in [0.4, 0.5) is 11.4 Å². The molecule has 0 aliphatic rings. The number of azo groups is 1. The van der Waals surface area contributed by atoms with Gasteiger partial charge in [0, 0.05) is 10.4 Å². The molecule has 158 valence electrons. The van der Waals surface area contributed by atoms with E-state index in [2.05, 4.69) is 10.2 Å². The summed E-state index contributed by atoms with van der Waals surface area (Å²) in [4.78, 5) is -1.14. The Hall–Kier alpha value is -1.09. The van der Waals surface area contributed by atoms with E-state index in [1.54, 1.807) is 6.92 Å². The minimum absolute atomic E-state index is 0. The number of phenolic OH excluding ortho intramolecular Hbond substituents is 1. The summed E-state index contributed by atoms with van der Waals surface area (Å²) < 4.78 is 68.4. The summed E-state index contributed by atoms with van der Waals surface area (Å²) in [7, 11) is -9.60. The Morgan fingerprint density at radius 2 is 1.65 bits per heavy atom. The zero-order valence-corrected chi connectivity index (χ0v) is 21.8. The molecule has 0 unspecified atom stereocenters. The maximum Gasteiger partial charge on any atom is 2.00 e. The molecule has 0 atom stereocenters. The zero-order valence-electron chi connectivity index (χ0n) is 15.9. The fraction of sp³-hybridized carbons (Fsp3) is 0.111. The van der Waals surface area contributed by atoms with Crippen LogP contribution in [-0.2, 0) is 26.7 Å². The average molecular weight is 557 g/mol. The van der Waals surface area contributed by atoms with Gasteiger partial charge in [0.1, 0.15) is 37.4 Å². The number of aromatic hydroxyl groups is 1. The third-order valence-corrected chi connectivity index (χ3v) is 6.31. The van der Waals surface area contributed by atoms with Gasteiger partial charge >= 0.3 is 45.5 Å². The molecule has 1 N–H and O–H groups in total. The van der Waals surface area contributed by atoms with Crippen LogP contribution in [0.3, 0.4) is 0 Å². The minimum atomic E-state index is -4.91. The number of rotatable bonds is 5. The van der Waals surface area contributed by atoms with Crippen molar-refractivity contribution in [2.75, 3.05) is 0 Å². The summed E-state index contributed by atoms with van der Waals surface area (Å²) in [6.45, 7) is 1.77. The normalized spacial score (nSPS) is 12.3. The second-order valence-corrected chi connectivity index (χ2v) is 9.32. The maximum absolute atomic E-state index is 11.6. The van der Waals surface area contributed by atoms with Crippen LogP contribution in [-0.4, -0.2) is 76.5 Å². The van der Waals surface area contributed by atoms with Gasteiger partial charge in [0.25, 0.3) is 0 Å². The van der Waals surface area contributed by atoms with E-state index in [4.69, 9.17) is 11.6 Å². The van der Waals surface area contributed by atoms with Crippen LogP contribution in [0.1, 0.15) is 12.5 Å². The van der Waals surface area contributed by atoms with E-state index in [9.17, 15) is 31.0 Å². The number of halogens is 1. The van der Waals surface area contributed by atoms with Crippen LogP contribution in [0, 0.1) is 0 Å². The van der Waals surface area contributed by atoms with Crippen LogP contribution in [0.5, 0.6) is 5.75 Å². The van der Waals surface area contributed by atoms with Gasteiger partial charge in [-0.2, -0.15) is 0 Å². The van der Waals surface area contributed by atoms with Crippen molar-refractivity contribution >= 4 is 99.5 Å². The second-order valence-electron chi connectivity index (χ2n) is 6.19. The van der Waals surface area contributed by atoms with Gasteiger partial charge in [0.15, 0.2) is 0 Å². The van der Waals surface area contributed by atoms with E-state index in [1.165, 1.54) is 24.3 Å². The molecule has 0 aromatic heterocycles. The molecule has 31 heavy (non-hydrogen) atoms. The van der Waals surface area contributed by atoms with Gasteiger partial charge in [0.2, 0.25) is 0 Å². The van der Waals surface area contributed by atoms with Crippen LogP contribution in [0.2, 0.25) is 5.02 Å². The molecule has 0 amide bonds. The molecule has 13 heteroatoms. The molecule has 0 radical (unpaired) electrons. The van der Waals surface area contributed by atoms with Gasteiger partial charge in [0.05, 0.1) is 9.79 Å². The predicted octanol–water partition coefficient (Wildman–Crippen LogP) is 3.60. The van der Waals surface area contributed by atoms with Gasteiger partial charge in [-0.15, -0.1) is 10.2 Å². The van der Waals surface area contributed by atoms with Crippen molar-refractivity contribution in [2.24, 2.45) is 10.2 Å². The molecule has 0 aliphatic carbocycles. The third-order valence-electron chi connectivity index (χ3n) is 4.27. The third kappa shape index (κ3) is 5.83. The molecule has 9 nitrogen and oxygen atoms in total. The Morgan fingerprint density at radius 1 is 0.968 bits per heavy atom. The molecule has 3 aromatic rings. The molecule has 0 spiro atoms. The summed E-state index contributed by atoms with van der Waals surface area (Å²) >= 11 is 5.99. The largest absolute Gasteiger partial charge is 2.00 e. The van der Waals surface area contributed by atoms with E-state index >= 15 is 0 Å². The fourth-order valence-electron chi connectivity index (χ4n) is 2.78. The van der Waals surface area contributed by atoms with Crippen LogP contribution >= 0.6 is 11.6 Å². The van der Waals surface area contributed by atoms with E-state index in [-0.39, 0.29) is 78.4 Å². The molecule has 0 saturated carbocycles. The van der Waals surface area contributed by atoms with Crippen molar-refractivity contribution in [3.05, 3.63) is 53.1 Å². The number of hydrogen-bond acceptors (Lipinski definition) is 9. The molecule has 3 rings (SSSR count). The topological polar surface area (TPSA) is 159 Å². The van der Waals surface area contributed by atoms with Crippen molar-refractivity contribution in [2.45, 2.75) is 23.1 Å². The van der Waals surface area contributed by atoms with Crippen LogP contribution < -0.4 is 0 Å². The molecule has 3 aromatic carbocycles. The molecule has 0 heterocycles. The first-order valence-electron chi connectivity index (χ1n) is 8.33. The Balaban J connectivity index is 0.00000341. The number of aryl methyl sites for hydroxylation is 1. The van der Waals surface area contributed by atoms with E-state index in [0.717, 1.165) is 18.2 Å². The number of benzene rings is 3. The molecule has 0 bridgehead atoms. The average Bonchev–Trinajstić information content (AvgIpc) is 2.65. The van der Waals surface area contributed by atoms with Gasteiger partial charge in [-0.25, -0.2) is 16.8 Å². The van der Waals surface area contributed by atoms with Gasteiger partial charge in [-0.1, -0.05) is 30.7 Å². The van der Waals surface area contributed by atoms with Crippen molar-refractivity contribution in [3.8, 4) is 5.75 Å². The van der Waals surface area contributed by atoms with Crippen LogP contribution in [0.25, 0.3) is 10.8 Å². The minimum Gasteiger partial charge on any atom is -0.744 e. The first kappa shape index (κ1) is 26.2. The van der Waals surface area contributed by atoms with E-state index in [1.807, 2.05) is 0 Å². The SMILES string of the molecule is CCc1cc(N=Nc2c(O)ccc3cc(S(=O)(=O)[O-])ccc23)c(S(=O)(=O)[O-])cc1Cl.[Sr+2]. The summed E-state index contributed by atoms with van der Waals surface area (Å²) in [6, 6.07) is 8.31. The summed E-state index contributed by atoms with van der Waals surface area (Å²) in [5.41, 5.74) is 0.163. The molecule has 0 saturated heterocycles. The number of fused-ring (bicyclic) bond motifs is 1. The summed E-state index contributed by atoms with van der Waals surface area (Å²) in [6.07, 6.45) is 0.437. The van der Waals surface area contributed by atoms with Crippen molar-refractivity contribution in [1.82, 2.24) is 0 Å². The van der Waals surface area contributed by atoms with E-state index in [0.29, 0.717) is 12.0 Å². The summed E-state index contributed by atoms with van der Waals surface area (Å²) in [5.74, 6) is -0.333. The fourth-order valence-corrected chi connectivity index (χ4v) is 4.27. The monoisotopic (exact) mass is 556 g/mol. The van der Waals surface area contributed by atoms with Gasteiger partial charge < -0.3 is 14.2 Å². The Bertz CT molecular complexity index is 1410. The Morgan fingerprint density at radius 3 is 2.23 bits per heavy atom. The van der Waals surface area contributed by atoms with E-state index < -0.39 is 30.0 Å².